The molecule has 0 saturated carbocycles. The normalized spacial score (nSPS) is 12.2. The van der Waals surface area contributed by atoms with Gasteiger partial charge in [-0.25, -0.2) is 0 Å². The van der Waals surface area contributed by atoms with Gasteiger partial charge in [-0.2, -0.15) is 11.8 Å². The lowest BCUT2D eigenvalue weighted by Gasteiger charge is -2.15. The van der Waals surface area contributed by atoms with Crippen LogP contribution in [0.2, 0.25) is 10.0 Å². The molecule has 0 fully saturated rings. The maximum absolute atomic E-state index is 10.9. The highest BCUT2D eigenvalue weighted by molar-refractivity contribution is 7.99. The van der Waals surface area contributed by atoms with E-state index in [4.69, 9.17) is 23.2 Å². The summed E-state index contributed by atoms with van der Waals surface area (Å²) in [5.41, 5.74) is 0.344. The van der Waals surface area contributed by atoms with E-state index in [1.54, 1.807) is 11.8 Å². The topological polar surface area (TPSA) is 55.2 Å². The van der Waals surface area contributed by atoms with Crippen LogP contribution in [0.3, 0.4) is 0 Å². The van der Waals surface area contributed by atoms with Crippen molar-refractivity contribution in [3.05, 3.63) is 32.3 Å². The van der Waals surface area contributed by atoms with E-state index >= 15 is 0 Å². The van der Waals surface area contributed by atoms with Crippen LogP contribution in [0.25, 0.3) is 0 Å². The van der Waals surface area contributed by atoms with Gasteiger partial charge in [-0.1, -0.05) is 30.1 Å². The molecule has 0 bridgehead atoms. The number of thioether (sulfide) groups is 1. The van der Waals surface area contributed by atoms with Crippen molar-refractivity contribution in [2.75, 3.05) is 16.8 Å². The zero-order valence-electron chi connectivity index (χ0n) is 10.1. The maximum atomic E-state index is 10.9. The van der Waals surface area contributed by atoms with Crippen molar-refractivity contribution in [1.29, 1.82) is 0 Å². The van der Waals surface area contributed by atoms with E-state index in [2.05, 4.69) is 12.2 Å². The molecule has 7 heteroatoms. The molecule has 1 N–H and O–H groups in total. The summed E-state index contributed by atoms with van der Waals surface area (Å²) in [4.78, 5) is 10.5. The van der Waals surface area contributed by atoms with Gasteiger partial charge in [-0.3, -0.25) is 10.1 Å². The van der Waals surface area contributed by atoms with Crippen molar-refractivity contribution in [2.45, 2.75) is 19.9 Å². The first-order valence-corrected chi connectivity index (χ1v) is 7.34. The molecule has 0 saturated heterocycles. The monoisotopic (exact) mass is 308 g/mol. The van der Waals surface area contributed by atoms with Crippen LogP contribution in [-0.4, -0.2) is 22.5 Å². The molecule has 0 aromatic heterocycles. The third kappa shape index (κ3) is 4.23. The third-order valence-electron chi connectivity index (χ3n) is 2.21. The lowest BCUT2D eigenvalue weighted by atomic mass is 10.2. The molecule has 1 aromatic carbocycles. The van der Waals surface area contributed by atoms with Crippen molar-refractivity contribution in [3.8, 4) is 0 Å². The Morgan fingerprint density at radius 3 is 2.61 bits per heavy atom. The number of nitro benzene ring substituents is 1. The molecular formula is C11H14Cl2N2O2S. The Labute approximate surface area is 120 Å². The zero-order valence-corrected chi connectivity index (χ0v) is 12.4. The second-order valence-electron chi connectivity index (χ2n) is 3.75. The van der Waals surface area contributed by atoms with E-state index < -0.39 is 4.92 Å². The Kier molecular flexibility index (Phi) is 6.05. The van der Waals surface area contributed by atoms with Crippen molar-refractivity contribution >= 4 is 46.3 Å². The largest absolute Gasteiger partial charge is 0.376 e. The summed E-state index contributed by atoms with van der Waals surface area (Å²) in [6, 6.07) is 2.88. The van der Waals surface area contributed by atoms with Crippen molar-refractivity contribution in [2.24, 2.45) is 0 Å². The standard InChI is InChI=1S/C11H14Cl2N2O2S/c1-3-18-6-7(2)14-10-4-8(12)9(13)5-11(10)15(16)17/h4-5,7,14H,3,6H2,1-2H3. The molecule has 1 unspecified atom stereocenters. The van der Waals surface area contributed by atoms with E-state index in [1.165, 1.54) is 12.1 Å². The predicted molar refractivity (Wildman–Crippen MR) is 79.2 cm³/mol. The molecule has 1 atom stereocenters. The number of nitrogens with one attached hydrogen (secondary N) is 1. The van der Waals surface area contributed by atoms with Gasteiger partial charge in [-0.15, -0.1) is 0 Å². The lowest BCUT2D eigenvalue weighted by molar-refractivity contribution is -0.384. The molecule has 1 aromatic rings. The number of rotatable bonds is 6. The Morgan fingerprint density at radius 2 is 2.06 bits per heavy atom. The number of halogens is 2. The van der Waals surface area contributed by atoms with Gasteiger partial charge in [-0.05, 0) is 18.7 Å². The zero-order chi connectivity index (χ0) is 13.7. The second-order valence-corrected chi connectivity index (χ2v) is 5.88. The van der Waals surface area contributed by atoms with E-state index in [1.807, 2.05) is 6.92 Å². The maximum Gasteiger partial charge on any atom is 0.293 e. The van der Waals surface area contributed by atoms with E-state index in [0.29, 0.717) is 10.7 Å². The van der Waals surface area contributed by atoms with Gasteiger partial charge >= 0.3 is 0 Å². The smallest absolute Gasteiger partial charge is 0.293 e. The SMILES string of the molecule is CCSCC(C)Nc1cc(Cl)c(Cl)cc1[N+](=O)[O-]. The number of hydrogen-bond acceptors (Lipinski definition) is 4. The first-order chi connectivity index (χ1) is 8.45. The fourth-order valence-electron chi connectivity index (χ4n) is 1.40. The van der Waals surface area contributed by atoms with Gasteiger partial charge in [0.15, 0.2) is 0 Å². The van der Waals surface area contributed by atoms with Gasteiger partial charge in [0.05, 0.1) is 15.0 Å². The Morgan fingerprint density at radius 1 is 1.44 bits per heavy atom. The van der Waals surface area contributed by atoms with Crippen LogP contribution in [0.5, 0.6) is 0 Å². The van der Waals surface area contributed by atoms with Gasteiger partial charge in [0.1, 0.15) is 5.69 Å². The summed E-state index contributed by atoms with van der Waals surface area (Å²) in [6.45, 7) is 4.04. The van der Waals surface area contributed by atoms with Crippen molar-refractivity contribution in [1.82, 2.24) is 0 Å². The molecule has 0 radical (unpaired) electrons. The summed E-state index contributed by atoms with van der Waals surface area (Å²) < 4.78 is 0. The highest BCUT2D eigenvalue weighted by Gasteiger charge is 2.18. The first kappa shape index (κ1) is 15.4. The Balaban J connectivity index is 2.93. The molecule has 0 aliphatic rings. The average molecular weight is 309 g/mol. The first-order valence-electron chi connectivity index (χ1n) is 5.43. The van der Waals surface area contributed by atoms with Gasteiger partial charge < -0.3 is 5.32 Å². The Hall–Kier alpha value is -0.650. The second kappa shape index (κ2) is 7.07. The molecule has 0 spiro atoms. The van der Waals surface area contributed by atoms with Gasteiger partial charge in [0.2, 0.25) is 0 Å². The van der Waals surface area contributed by atoms with Crippen molar-refractivity contribution in [3.63, 3.8) is 0 Å². The molecular weight excluding hydrogens is 295 g/mol. The molecule has 0 heterocycles. The lowest BCUT2D eigenvalue weighted by Crippen LogP contribution is -2.18. The molecule has 4 nitrogen and oxygen atoms in total. The van der Waals surface area contributed by atoms with Crippen LogP contribution in [0.1, 0.15) is 13.8 Å². The van der Waals surface area contributed by atoms with Crippen molar-refractivity contribution < 1.29 is 4.92 Å². The summed E-state index contributed by atoms with van der Waals surface area (Å²) in [7, 11) is 0. The summed E-state index contributed by atoms with van der Waals surface area (Å²) in [5, 5.41) is 14.5. The predicted octanol–water partition coefficient (Wildman–Crippen LogP) is 4.46. The fraction of sp³-hybridized carbons (Fsp3) is 0.455. The minimum Gasteiger partial charge on any atom is -0.376 e. The highest BCUT2D eigenvalue weighted by atomic mass is 35.5. The van der Waals surface area contributed by atoms with E-state index in [-0.39, 0.29) is 16.8 Å². The Bertz CT molecular complexity index is 443. The minimum absolute atomic E-state index is 0.0576. The van der Waals surface area contributed by atoms with Gasteiger partial charge in [0, 0.05) is 17.9 Å². The number of hydrogen-bond donors (Lipinski definition) is 1. The van der Waals surface area contributed by atoms with Crippen LogP contribution in [0.15, 0.2) is 12.1 Å². The third-order valence-corrected chi connectivity index (χ3v) is 4.08. The number of nitro groups is 1. The number of anilines is 1. The summed E-state index contributed by atoms with van der Waals surface area (Å²) in [5.74, 6) is 1.88. The van der Waals surface area contributed by atoms with E-state index in [0.717, 1.165) is 11.5 Å². The quantitative estimate of drug-likeness (QED) is 0.623. The fourth-order valence-corrected chi connectivity index (χ4v) is 2.40. The van der Waals surface area contributed by atoms with Crippen LogP contribution in [0, 0.1) is 10.1 Å². The average Bonchev–Trinajstić information content (AvgIpc) is 2.30. The number of nitrogens with zero attached hydrogens (tertiary/aromatic N) is 1. The van der Waals surface area contributed by atoms with Crippen LogP contribution in [0.4, 0.5) is 11.4 Å². The van der Waals surface area contributed by atoms with E-state index in [9.17, 15) is 10.1 Å². The molecule has 1 rings (SSSR count). The van der Waals surface area contributed by atoms with Crippen LogP contribution >= 0.6 is 35.0 Å². The number of benzene rings is 1. The molecule has 0 amide bonds. The minimum atomic E-state index is -0.468. The molecule has 100 valence electrons. The molecule has 0 aliphatic heterocycles. The van der Waals surface area contributed by atoms with Crippen LogP contribution < -0.4 is 5.32 Å². The van der Waals surface area contributed by atoms with Crippen LogP contribution in [-0.2, 0) is 0 Å². The molecule has 18 heavy (non-hydrogen) atoms. The highest BCUT2D eigenvalue weighted by Crippen LogP contribution is 2.34. The molecule has 0 aliphatic carbocycles. The summed E-state index contributed by atoms with van der Waals surface area (Å²) in [6.07, 6.45) is 0. The summed E-state index contributed by atoms with van der Waals surface area (Å²) >= 11 is 13.4. The van der Waals surface area contributed by atoms with Gasteiger partial charge in [0.25, 0.3) is 5.69 Å².